The first-order chi connectivity index (χ1) is 9.04. The van der Waals surface area contributed by atoms with Gasteiger partial charge >= 0.3 is 0 Å². The molecule has 0 bridgehead atoms. The monoisotopic (exact) mass is 263 g/mol. The Morgan fingerprint density at radius 1 is 1.05 bits per heavy atom. The average Bonchev–Trinajstić information content (AvgIpc) is 2.42. The minimum atomic E-state index is 0.555. The van der Waals surface area contributed by atoms with Crippen LogP contribution in [-0.2, 0) is 0 Å². The SMILES string of the molecule is CCCOc1ccc(C(C)C(C)CNC(C)C)cc1. The van der Waals surface area contributed by atoms with Crippen molar-refractivity contribution in [3.05, 3.63) is 29.8 Å². The molecular weight excluding hydrogens is 234 g/mol. The van der Waals surface area contributed by atoms with Gasteiger partial charge in [-0.2, -0.15) is 0 Å². The number of rotatable bonds is 8. The van der Waals surface area contributed by atoms with Crippen LogP contribution in [0.4, 0.5) is 0 Å². The summed E-state index contributed by atoms with van der Waals surface area (Å²) in [5.74, 6) is 2.17. The summed E-state index contributed by atoms with van der Waals surface area (Å²) in [4.78, 5) is 0. The van der Waals surface area contributed by atoms with Crippen LogP contribution in [0.2, 0.25) is 0 Å². The van der Waals surface area contributed by atoms with Crippen LogP contribution in [0.25, 0.3) is 0 Å². The molecule has 2 nitrogen and oxygen atoms in total. The third kappa shape index (κ3) is 5.65. The van der Waals surface area contributed by atoms with Gasteiger partial charge in [0.25, 0.3) is 0 Å². The molecule has 0 aliphatic rings. The maximum Gasteiger partial charge on any atom is 0.119 e. The van der Waals surface area contributed by atoms with Crippen molar-refractivity contribution >= 4 is 0 Å². The topological polar surface area (TPSA) is 21.3 Å². The van der Waals surface area contributed by atoms with Crippen LogP contribution < -0.4 is 10.1 Å². The van der Waals surface area contributed by atoms with Gasteiger partial charge in [-0.25, -0.2) is 0 Å². The third-order valence-corrected chi connectivity index (χ3v) is 3.58. The molecule has 1 aromatic carbocycles. The molecule has 1 rings (SSSR count). The Morgan fingerprint density at radius 3 is 2.21 bits per heavy atom. The molecule has 0 aliphatic heterocycles. The Morgan fingerprint density at radius 2 is 1.68 bits per heavy atom. The van der Waals surface area contributed by atoms with Gasteiger partial charge in [-0.05, 0) is 42.5 Å². The molecule has 0 heterocycles. The Labute approximate surface area is 118 Å². The second kappa shape index (κ2) is 8.21. The van der Waals surface area contributed by atoms with Gasteiger partial charge in [-0.15, -0.1) is 0 Å². The van der Waals surface area contributed by atoms with Crippen LogP contribution >= 0.6 is 0 Å². The van der Waals surface area contributed by atoms with Gasteiger partial charge in [-0.1, -0.05) is 46.8 Å². The highest BCUT2D eigenvalue weighted by atomic mass is 16.5. The first-order valence-corrected chi connectivity index (χ1v) is 7.50. The van der Waals surface area contributed by atoms with E-state index < -0.39 is 0 Å². The molecular formula is C17H29NO. The van der Waals surface area contributed by atoms with Crippen LogP contribution in [0.5, 0.6) is 5.75 Å². The van der Waals surface area contributed by atoms with Crippen molar-refractivity contribution < 1.29 is 4.74 Å². The molecule has 1 aromatic rings. The summed E-state index contributed by atoms with van der Waals surface area (Å²) in [6.45, 7) is 13.0. The highest BCUT2D eigenvalue weighted by Crippen LogP contribution is 2.25. The van der Waals surface area contributed by atoms with Crippen molar-refractivity contribution in [3.8, 4) is 5.75 Å². The van der Waals surface area contributed by atoms with Gasteiger partial charge in [0.15, 0.2) is 0 Å². The summed E-state index contributed by atoms with van der Waals surface area (Å²) in [6.07, 6.45) is 1.05. The van der Waals surface area contributed by atoms with Crippen LogP contribution in [0.3, 0.4) is 0 Å². The van der Waals surface area contributed by atoms with E-state index in [1.54, 1.807) is 0 Å². The van der Waals surface area contributed by atoms with Crippen molar-refractivity contribution in [3.63, 3.8) is 0 Å². The minimum Gasteiger partial charge on any atom is -0.494 e. The van der Waals surface area contributed by atoms with E-state index in [1.807, 2.05) is 0 Å². The molecule has 108 valence electrons. The molecule has 1 N–H and O–H groups in total. The smallest absolute Gasteiger partial charge is 0.119 e. The maximum absolute atomic E-state index is 5.62. The summed E-state index contributed by atoms with van der Waals surface area (Å²) in [6, 6.07) is 9.12. The summed E-state index contributed by atoms with van der Waals surface area (Å²) < 4.78 is 5.62. The zero-order valence-electron chi connectivity index (χ0n) is 13.1. The molecule has 2 atom stereocenters. The molecule has 2 heteroatoms. The van der Waals surface area contributed by atoms with Gasteiger partial charge in [-0.3, -0.25) is 0 Å². The molecule has 0 spiro atoms. The lowest BCUT2D eigenvalue weighted by Crippen LogP contribution is -2.29. The number of hydrogen-bond donors (Lipinski definition) is 1. The molecule has 0 aromatic heterocycles. The summed E-state index contributed by atoms with van der Waals surface area (Å²) in [5, 5.41) is 3.51. The van der Waals surface area contributed by atoms with Gasteiger partial charge < -0.3 is 10.1 Å². The highest BCUT2D eigenvalue weighted by molar-refractivity contribution is 5.29. The van der Waals surface area contributed by atoms with Crippen molar-refractivity contribution in [2.24, 2.45) is 5.92 Å². The molecule has 2 unspecified atom stereocenters. The predicted octanol–water partition coefficient (Wildman–Crippen LogP) is 4.21. The summed E-state index contributed by atoms with van der Waals surface area (Å²) in [7, 11) is 0. The quantitative estimate of drug-likeness (QED) is 0.758. The Hall–Kier alpha value is -1.02. The second-order valence-electron chi connectivity index (χ2n) is 5.75. The summed E-state index contributed by atoms with van der Waals surface area (Å²) in [5.41, 5.74) is 1.39. The van der Waals surface area contributed by atoms with E-state index in [-0.39, 0.29) is 0 Å². The molecule has 0 amide bonds. The zero-order chi connectivity index (χ0) is 14.3. The van der Waals surface area contributed by atoms with Gasteiger partial charge in [0.2, 0.25) is 0 Å². The molecule has 0 fully saturated rings. The van der Waals surface area contributed by atoms with Crippen molar-refractivity contribution in [1.82, 2.24) is 5.32 Å². The molecule has 0 radical (unpaired) electrons. The number of nitrogens with one attached hydrogen (secondary N) is 1. The first kappa shape index (κ1) is 16.0. The van der Waals surface area contributed by atoms with Crippen LogP contribution in [0.15, 0.2) is 24.3 Å². The van der Waals surface area contributed by atoms with Gasteiger partial charge in [0.05, 0.1) is 6.61 Å². The van der Waals surface area contributed by atoms with E-state index in [0.717, 1.165) is 25.3 Å². The minimum absolute atomic E-state index is 0.555. The fraction of sp³-hybridized carbons (Fsp3) is 0.647. The number of ether oxygens (including phenoxy) is 1. The van der Waals surface area contributed by atoms with E-state index in [0.29, 0.717) is 17.9 Å². The lowest BCUT2D eigenvalue weighted by molar-refractivity contribution is 0.317. The van der Waals surface area contributed by atoms with Crippen molar-refractivity contribution in [1.29, 1.82) is 0 Å². The Balaban J connectivity index is 2.54. The Bertz CT molecular complexity index is 345. The van der Waals surface area contributed by atoms with E-state index in [2.05, 4.69) is 64.2 Å². The average molecular weight is 263 g/mol. The number of benzene rings is 1. The van der Waals surface area contributed by atoms with Crippen LogP contribution in [0, 0.1) is 5.92 Å². The third-order valence-electron chi connectivity index (χ3n) is 3.58. The largest absolute Gasteiger partial charge is 0.494 e. The van der Waals surface area contributed by atoms with E-state index >= 15 is 0 Å². The second-order valence-corrected chi connectivity index (χ2v) is 5.75. The lowest BCUT2D eigenvalue weighted by Gasteiger charge is -2.22. The molecule has 0 aliphatic carbocycles. The van der Waals surface area contributed by atoms with E-state index in [9.17, 15) is 0 Å². The van der Waals surface area contributed by atoms with Crippen molar-refractivity contribution in [2.75, 3.05) is 13.2 Å². The normalized spacial score (nSPS) is 14.4. The lowest BCUT2D eigenvalue weighted by atomic mass is 9.89. The fourth-order valence-corrected chi connectivity index (χ4v) is 2.01. The van der Waals surface area contributed by atoms with Gasteiger partial charge in [0.1, 0.15) is 5.75 Å². The molecule has 0 saturated carbocycles. The van der Waals surface area contributed by atoms with E-state index in [1.165, 1.54) is 5.56 Å². The highest BCUT2D eigenvalue weighted by Gasteiger charge is 2.14. The maximum atomic E-state index is 5.62. The summed E-state index contributed by atoms with van der Waals surface area (Å²) >= 11 is 0. The Kier molecular flexibility index (Phi) is 6.93. The van der Waals surface area contributed by atoms with Crippen molar-refractivity contribution in [2.45, 2.75) is 53.0 Å². The fourth-order valence-electron chi connectivity index (χ4n) is 2.01. The van der Waals surface area contributed by atoms with Gasteiger partial charge in [0, 0.05) is 6.04 Å². The predicted molar refractivity (Wildman–Crippen MR) is 82.9 cm³/mol. The van der Waals surface area contributed by atoms with E-state index in [4.69, 9.17) is 4.74 Å². The molecule has 19 heavy (non-hydrogen) atoms. The number of hydrogen-bond acceptors (Lipinski definition) is 2. The standard InChI is InChI=1S/C17H29NO/c1-6-11-19-17-9-7-16(8-10-17)15(5)14(4)12-18-13(2)3/h7-10,13-15,18H,6,11-12H2,1-5H3. The van der Waals surface area contributed by atoms with Crippen LogP contribution in [-0.4, -0.2) is 19.2 Å². The van der Waals surface area contributed by atoms with Crippen LogP contribution in [0.1, 0.15) is 52.5 Å². The first-order valence-electron chi connectivity index (χ1n) is 7.50. The molecule has 0 saturated heterocycles. The zero-order valence-corrected chi connectivity index (χ0v) is 13.1.